The smallest absolute Gasteiger partial charge is 0.353 e. The molecule has 0 aliphatic heterocycles. The maximum Gasteiger partial charge on any atom is 0.416 e. The topological polar surface area (TPSA) is 24.1 Å². The molecule has 0 spiro atoms. The summed E-state index contributed by atoms with van der Waals surface area (Å²) in [7, 11) is 0. The Morgan fingerprint density at radius 2 is 1.69 bits per heavy atom. The van der Waals surface area contributed by atoms with Crippen molar-refractivity contribution in [2.75, 3.05) is 5.32 Å². The fourth-order valence-corrected chi connectivity index (χ4v) is 3.95. The number of hydrogen-bond acceptors (Lipinski definition) is 1. The molecule has 2 aromatic carbocycles. The van der Waals surface area contributed by atoms with Crippen molar-refractivity contribution in [2.24, 2.45) is 0 Å². The zero-order valence-corrected chi connectivity index (χ0v) is 16.3. The van der Waals surface area contributed by atoms with Gasteiger partial charge in [-0.3, -0.25) is 0 Å². The third-order valence-corrected chi connectivity index (χ3v) is 5.39. The number of thiocarbonyl (C=S) groups is 1. The third-order valence-electron chi connectivity index (χ3n) is 4.65. The van der Waals surface area contributed by atoms with E-state index in [1.165, 1.54) is 12.1 Å². The minimum atomic E-state index is -4.36. The van der Waals surface area contributed by atoms with Crippen LogP contribution < -0.4 is 10.6 Å². The highest BCUT2D eigenvalue weighted by atomic mass is 79.9. The molecule has 138 valence electrons. The largest absolute Gasteiger partial charge is 0.416 e. The van der Waals surface area contributed by atoms with Crippen molar-refractivity contribution in [3.63, 3.8) is 0 Å². The van der Waals surface area contributed by atoms with E-state index < -0.39 is 17.3 Å². The Labute approximate surface area is 164 Å². The van der Waals surface area contributed by atoms with Crippen LogP contribution in [0.5, 0.6) is 0 Å². The minimum Gasteiger partial charge on any atom is -0.353 e. The number of benzene rings is 2. The summed E-state index contributed by atoms with van der Waals surface area (Å²) in [6.45, 7) is 0. The van der Waals surface area contributed by atoms with Gasteiger partial charge in [-0.25, -0.2) is 0 Å². The summed E-state index contributed by atoms with van der Waals surface area (Å²) < 4.78 is 40.3. The molecule has 1 fully saturated rings. The van der Waals surface area contributed by atoms with Gasteiger partial charge in [-0.1, -0.05) is 40.9 Å². The number of anilines is 1. The summed E-state index contributed by atoms with van der Waals surface area (Å²) in [5, 5.41) is 6.81. The Morgan fingerprint density at radius 3 is 2.31 bits per heavy atom. The van der Waals surface area contributed by atoms with Gasteiger partial charge in [-0.2, -0.15) is 13.2 Å². The van der Waals surface area contributed by atoms with E-state index in [4.69, 9.17) is 12.2 Å². The van der Waals surface area contributed by atoms with Crippen LogP contribution in [-0.2, 0) is 11.7 Å². The number of alkyl halides is 3. The normalized spacial score (nSPS) is 16.3. The summed E-state index contributed by atoms with van der Waals surface area (Å²) in [6.07, 6.45) is -0.965. The van der Waals surface area contributed by atoms with E-state index in [1.807, 2.05) is 24.3 Å². The van der Waals surface area contributed by atoms with E-state index in [0.29, 0.717) is 10.7 Å². The molecular formula is C19H18BrF3N2S. The highest BCUT2D eigenvalue weighted by Gasteiger charge is 2.38. The molecule has 2 aromatic rings. The van der Waals surface area contributed by atoms with Crippen molar-refractivity contribution in [3.8, 4) is 0 Å². The van der Waals surface area contributed by atoms with Crippen molar-refractivity contribution in [1.29, 1.82) is 0 Å². The molecule has 2 nitrogen and oxygen atoms in total. The first kappa shape index (κ1) is 19.2. The van der Waals surface area contributed by atoms with E-state index in [9.17, 15) is 13.2 Å². The van der Waals surface area contributed by atoms with Gasteiger partial charge < -0.3 is 10.6 Å². The molecule has 0 bridgehead atoms. The number of nitrogens with one attached hydrogen (secondary N) is 2. The first-order valence-electron chi connectivity index (χ1n) is 8.31. The summed E-state index contributed by atoms with van der Waals surface area (Å²) in [5.74, 6) is 0. The van der Waals surface area contributed by atoms with Crippen LogP contribution in [0.4, 0.5) is 18.9 Å². The van der Waals surface area contributed by atoms with Crippen molar-refractivity contribution in [3.05, 3.63) is 64.1 Å². The van der Waals surface area contributed by atoms with Crippen molar-refractivity contribution in [2.45, 2.75) is 37.4 Å². The van der Waals surface area contributed by atoms with Crippen LogP contribution in [0.3, 0.4) is 0 Å². The van der Waals surface area contributed by atoms with Gasteiger partial charge in [-0.05, 0) is 67.0 Å². The van der Waals surface area contributed by atoms with E-state index in [0.717, 1.165) is 41.9 Å². The molecule has 0 heterocycles. The van der Waals surface area contributed by atoms with Crippen molar-refractivity contribution >= 4 is 38.9 Å². The second kappa shape index (κ2) is 7.56. The molecule has 3 rings (SSSR count). The average molecular weight is 443 g/mol. The monoisotopic (exact) mass is 442 g/mol. The molecule has 1 aliphatic rings. The molecule has 1 saturated carbocycles. The van der Waals surface area contributed by atoms with Crippen LogP contribution in [0.1, 0.15) is 36.8 Å². The van der Waals surface area contributed by atoms with Crippen LogP contribution in [0.15, 0.2) is 53.0 Å². The Balaban J connectivity index is 1.82. The predicted molar refractivity (Wildman–Crippen MR) is 105 cm³/mol. The Kier molecular flexibility index (Phi) is 5.58. The van der Waals surface area contributed by atoms with Gasteiger partial charge >= 0.3 is 6.18 Å². The molecule has 2 N–H and O–H groups in total. The maximum atomic E-state index is 13.1. The lowest BCUT2D eigenvalue weighted by Crippen LogP contribution is -2.45. The van der Waals surface area contributed by atoms with Crippen molar-refractivity contribution in [1.82, 2.24) is 5.32 Å². The Bertz CT molecular complexity index is 784. The van der Waals surface area contributed by atoms with Gasteiger partial charge in [-0.15, -0.1) is 0 Å². The van der Waals surface area contributed by atoms with Crippen LogP contribution in [-0.4, -0.2) is 5.11 Å². The Morgan fingerprint density at radius 1 is 1.04 bits per heavy atom. The molecule has 1 aliphatic carbocycles. The first-order valence-corrected chi connectivity index (χ1v) is 9.51. The van der Waals surface area contributed by atoms with E-state index in [1.54, 1.807) is 6.07 Å². The molecular weight excluding hydrogens is 425 g/mol. The number of hydrogen-bond donors (Lipinski definition) is 2. The fraction of sp³-hybridized carbons (Fsp3) is 0.316. The van der Waals surface area contributed by atoms with Gasteiger partial charge in [0.25, 0.3) is 0 Å². The molecule has 0 atom stereocenters. The van der Waals surface area contributed by atoms with E-state index in [-0.39, 0.29) is 0 Å². The van der Waals surface area contributed by atoms with Gasteiger partial charge in [0.1, 0.15) is 0 Å². The zero-order valence-electron chi connectivity index (χ0n) is 13.9. The quantitative estimate of drug-likeness (QED) is 0.551. The molecule has 0 aromatic heterocycles. The average Bonchev–Trinajstić information content (AvgIpc) is 3.06. The third kappa shape index (κ3) is 4.38. The van der Waals surface area contributed by atoms with Gasteiger partial charge in [0.05, 0.1) is 11.1 Å². The molecule has 0 radical (unpaired) electrons. The zero-order chi connectivity index (χ0) is 18.8. The fourth-order valence-electron chi connectivity index (χ4n) is 3.37. The van der Waals surface area contributed by atoms with Gasteiger partial charge in [0, 0.05) is 10.2 Å². The molecule has 26 heavy (non-hydrogen) atoms. The molecule has 0 saturated heterocycles. The second-order valence-electron chi connectivity index (χ2n) is 6.45. The highest BCUT2D eigenvalue weighted by molar-refractivity contribution is 9.10. The predicted octanol–water partition coefficient (Wildman–Crippen LogP) is 6.22. The number of rotatable bonds is 3. The summed E-state index contributed by atoms with van der Waals surface area (Å²) in [5.41, 5.74) is 0.253. The molecule has 0 unspecified atom stereocenters. The standard InChI is InChI=1S/C19H18BrF3N2S/c20-15-6-8-16(9-7-15)24-17(26)25-18(10-1-2-11-18)13-4-3-5-14(12-13)19(21,22)23/h3-9,12H,1-2,10-11H2,(H2,24,25,26). The van der Waals surface area contributed by atoms with Gasteiger partial charge in [0.2, 0.25) is 0 Å². The Hall–Kier alpha value is -1.60. The summed E-state index contributed by atoms with van der Waals surface area (Å²) >= 11 is 8.80. The van der Waals surface area contributed by atoms with E-state index >= 15 is 0 Å². The molecule has 7 heteroatoms. The lowest BCUT2D eigenvalue weighted by atomic mass is 9.87. The SMILES string of the molecule is FC(F)(F)c1cccc(C2(NC(=S)Nc3ccc(Br)cc3)CCCC2)c1. The second-order valence-corrected chi connectivity index (χ2v) is 7.78. The maximum absolute atomic E-state index is 13.1. The first-order chi connectivity index (χ1) is 12.3. The lowest BCUT2D eigenvalue weighted by Gasteiger charge is -2.33. The van der Waals surface area contributed by atoms with Crippen LogP contribution >= 0.6 is 28.1 Å². The van der Waals surface area contributed by atoms with Crippen LogP contribution in [0.25, 0.3) is 0 Å². The van der Waals surface area contributed by atoms with Crippen LogP contribution in [0, 0.1) is 0 Å². The number of halogens is 4. The highest BCUT2D eigenvalue weighted by Crippen LogP contribution is 2.41. The van der Waals surface area contributed by atoms with Crippen molar-refractivity contribution < 1.29 is 13.2 Å². The van der Waals surface area contributed by atoms with Gasteiger partial charge in [0.15, 0.2) is 5.11 Å². The van der Waals surface area contributed by atoms with Crippen LogP contribution in [0.2, 0.25) is 0 Å². The lowest BCUT2D eigenvalue weighted by molar-refractivity contribution is -0.137. The summed E-state index contributed by atoms with van der Waals surface area (Å²) in [4.78, 5) is 0. The van der Waals surface area contributed by atoms with E-state index in [2.05, 4.69) is 26.6 Å². The molecule has 0 amide bonds. The minimum absolute atomic E-state index is 0.409. The summed E-state index contributed by atoms with van der Waals surface area (Å²) in [6, 6.07) is 13.1.